The highest BCUT2D eigenvalue weighted by molar-refractivity contribution is 6.12. The van der Waals surface area contributed by atoms with Crippen molar-refractivity contribution in [2.75, 3.05) is 57.9 Å². The molecule has 4 heterocycles. The van der Waals surface area contributed by atoms with Crippen LogP contribution in [0.5, 0.6) is 0 Å². The van der Waals surface area contributed by atoms with E-state index in [1.54, 1.807) is 55.7 Å². The Morgan fingerprint density at radius 1 is 0.849 bits per heavy atom. The van der Waals surface area contributed by atoms with Crippen LogP contribution in [-0.2, 0) is 46.6 Å². The lowest BCUT2D eigenvalue weighted by atomic mass is 9.89. The molecule has 10 amide bonds. The van der Waals surface area contributed by atoms with Crippen LogP contribution in [0.1, 0.15) is 95.1 Å². The van der Waals surface area contributed by atoms with Crippen molar-refractivity contribution in [1.29, 1.82) is 0 Å². The number of hydrogen-bond acceptors (Lipinski definition) is 12. The van der Waals surface area contributed by atoms with Crippen LogP contribution in [0.3, 0.4) is 0 Å². The summed E-state index contributed by atoms with van der Waals surface area (Å²) in [4.78, 5) is 112. The lowest BCUT2D eigenvalue weighted by Crippen LogP contribution is -2.54. The van der Waals surface area contributed by atoms with Crippen LogP contribution in [0.4, 0.5) is 37.6 Å². The van der Waals surface area contributed by atoms with Gasteiger partial charge in [0.2, 0.25) is 17.7 Å². The molecule has 7 rings (SSSR count). The maximum absolute atomic E-state index is 16.5. The summed E-state index contributed by atoms with van der Waals surface area (Å²) in [5.74, 6) is -5.95. The number of anilines is 1. The Hall–Kier alpha value is -8.39. The molecule has 0 bridgehead atoms. The largest absolute Gasteiger partial charge is 0.445 e. The number of rotatable bonds is 28. The first-order valence-electron chi connectivity index (χ1n) is 28.8. The molecule has 26 heteroatoms. The topological polar surface area (TPSA) is 289 Å². The molecule has 464 valence electrons. The van der Waals surface area contributed by atoms with Gasteiger partial charge in [0.1, 0.15) is 48.1 Å². The Kier molecular flexibility index (Phi) is 23.6. The molecule has 6 atom stereocenters. The fourth-order valence-electron chi connectivity index (χ4n) is 10.5. The van der Waals surface area contributed by atoms with Crippen molar-refractivity contribution in [2.45, 2.75) is 116 Å². The number of aliphatic hydroxyl groups excluding tert-OH is 1. The molecule has 0 spiro atoms. The number of imidazole rings is 1. The Labute approximate surface area is 495 Å². The van der Waals surface area contributed by atoms with Crippen LogP contribution in [0.2, 0.25) is 0 Å². The number of nitrogens with two attached hydrogens (primary N) is 1. The van der Waals surface area contributed by atoms with Crippen LogP contribution in [-0.4, -0.2) is 154 Å². The monoisotopic (exact) mass is 1200 g/mol. The first-order valence-corrected chi connectivity index (χ1v) is 28.8. The molecule has 1 aromatic heterocycles. The van der Waals surface area contributed by atoms with Gasteiger partial charge in [-0.3, -0.25) is 28.9 Å². The highest BCUT2D eigenvalue weighted by atomic mass is 19.1. The summed E-state index contributed by atoms with van der Waals surface area (Å²) >= 11 is 0. The van der Waals surface area contributed by atoms with E-state index in [2.05, 4.69) is 26.6 Å². The Morgan fingerprint density at radius 3 is 2.26 bits per heavy atom. The molecule has 86 heavy (non-hydrogen) atoms. The van der Waals surface area contributed by atoms with Crippen molar-refractivity contribution in [3.05, 3.63) is 119 Å². The van der Waals surface area contributed by atoms with Crippen molar-refractivity contribution in [3.8, 4) is 11.3 Å². The summed E-state index contributed by atoms with van der Waals surface area (Å²) in [6.45, 7) is 4.41. The van der Waals surface area contributed by atoms with Gasteiger partial charge in [0.15, 0.2) is 0 Å². The third-order valence-corrected chi connectivity index (χ3v) is 15.2. The molecule has 0 saturated carbocycles. The van der Waals surface area contributed by atoms with E-state index in [0.717, 1.165) is 23.1 Å². The number of alkyl halides is 1. The average molecular weight is 1200 g/mol. The molecule has 3 aromatic carbocycles. The van der Waals surface area contributed by atoms with Gasteiger partial charge in [-0.15, -0.1) is 0 Å². The molecule has 2 fully saturated rings. The lowest BCUT2D eigenvalue weighted by molar-refractivity contribution is -0.137. The molecule has 8 N–H and O–H groups in total. The molecular formula is C60H75F4N11O11. The standard InChI is InChI=1S/C60H75F4N11O11/c1-36(2)53(71-50(77)12-5-4-6-24-74-51(78)19-20-52(74)79)57(81)70-48(11-8-23-66-58(65)82)56(80)68-44-16-13-38(14-17-44)35-86-60(84)73-30-41(47(64)32-73)31-75(59(83)67-37(3)34-76)54(40-21-25-85-26-22-40)55-69-49(45-28-43(62)15-18-46(45)63)33-72(55)29-39-9-7-10-42(61)27-39/h7,9-10,13-20,27-28,33,36-37,40-41,47-48,53-54,76H,4-6,8,11-12,21-26,29-32,34-35H2,1-3H3,(H,67,83)(H,68,80)(H,70,81)(H,71,77)(H3,65,66,82)/t37-,41-,47-,48-,53-,54+/m0/s1. The van der Waals surface area contributed by atoms with Crippen molar-refractivity contribution in [2.24, 2.45) is 23.5 Å². The van der Waals surface area contributed by atoms with E-state index in [9.17, 15) is 52.2 Å². The number of amides is 10. The number of carbonyl (C=O) groups is 8. The van der Waals surface area contributed by atoms with Crippen LogP contribution in [0, 0.1) is 35.2 Å². The molecule has 0 radical (unpaired) electrons. The minimum atomic E-state index is -1.66. The highest BCUT2D eigenvalue weighted by Gasteiger charge is 2.43. The van der Waals surface area contributed by atoms with E-state index in [4.69, 9.17) is 20.2 Å². The summed E-state index contributed by atoms with van der Waals surface area (Å²) in [7, 11) is 0. The lowest BCUT2D eigenvalue weighted by Gasteiger charge is -2.40. The second kappa shape index (κ2) is 31.1. The molecule has 3 aliphatic rings. The van der Waals surface area contributed by atoms with E-state index >= 15 is 8.78 Å². The van der Waals surface area contributed by atoms with Gasteiger partial charge in [0, 0.05) is 87.9 Å². The first kappa shape index (κ1) is 65.2. The minimum absolute atomic E-state index is 0.00642. The number of hydrogen-bond donors (Lipinski definition) is 7. The number of primary amides is 1. The van der Waals surface area contributed by atoms with Gasteiger partial charge < -0.3 is 61.3 Å². The first-order chi connectivity index (χ1) is 41.2. The van der Waals surface area contributed by atoms with Crippen molar-refractivity contribution >= 4 is 53.4 Å². The maximum atomic E-state index is 16.5. The zero-order chi connectivity index (χ0) is 62.0. The van der Waals surface area contributed by atoms with E-state index in [1.807, 2.05) is 0 Å². The predicted octanol–water partition coefficient (Wildman–Crippen LogP) is 5.98. The number of benzene rings is 3. The van der Waals surface area contributed by atoms with Gasteiger partial charge in [-0.2, -0.15) is 0 Å². The number of urea groups is 2. The highest BCUT2D eigenvalue weighted by Crippen LogP contribution is 2.39. The Bertz CT molecular complexity index is 3050. The second-order valence-electron chi connectivity index (χ2n) is 22.1. The fraction of sp³-hybridized carbons (Fsp3) is 0.483. The zero-order valence-corrected chi connectivity index (χ0v) is 48.3. The Morgan fingerprint density at radius 2 is 1.57 bits per heavy atom. The van der Waals surface area contributed by atoms with Gasteiger partial charge in [-0.05, 0) is 111 Å². The quantitative estimate of drug-likeness (QED) is 0.0196. The molecule has 0 unspecified atom stereocenters. The van der Waals surface area contributed by atoms with Gasteiger partial charge in [-0.1, -0.05) is 44.5 Å². The van der Waals surface area contributed by atoms with Crippen LogP contribution in [0.25, 0.3) is 11.3 Å². The third-order valence-electron chi connectivity index (χ3n) is 15.2. The molecule has 0 aliphatic carbocycles. The van der Waals surface area contributed by atoms with E-state index < -0.39 is 96.2 Å². The number of nitrogens with zero attached hydrogens (tertiary/aromatic N) is 5. The SMILES string of the molecule is CC(C)[C@H](NC(=O)CCCCCN1C(=O)C=CC1=O)C(=O)N[C@@H](CCCNC(N)=O)C(=O)Nc1ccc(COC(=O)N2C[C@@H](CN(C(=O)N[C@@H](C)CO)[C@@H](c3nc(-c4cc(F)ccc4F)cn3Cc3cccc(F)c3)C3CCOCC3)[C@@H](F)C2)cc1. The fourth-order valence-corrected chi connectivity index (χ4v) is 10.5. The zero-order valence-electron chi connectivity index (χ0n) is 48.3. The van der Waals surface area contributed by atoms with Gasteiger partial charge in [0.05, 0.1) is 30.9 Å². The number of carbonyl (C=O) groups excluding carboxylic acids is 8. The summed E-state index contributed by atoms with van der Waals surface area (Å²) in [6.07, 6.45) is 4.06. The number of halogens is 4. The summed E-state index contributed by atoms with van der Waals surface area (Å²) in [5, 5.41) is 23.5. The number of aliphatic hydroxyl groups is 1. The van der Waals surface area contributed by atoms with Crippen molar-refractivity contribution < 1.29 is 70.5 Å². The van der Waals surface area contributed by atoms with Crippen LogP contribution >= 0.6 is 0 Å². The number of unbranched alkanes of at least 4 members (excludes halogenated alkanes) is 2. The van der Waals surface area contributed by atoms with Crippen LogP contribution in [0.15, 0.2) is 85.1 Å². The number of imide groups is 1. The van der Waals surface area contributed by atoms with Gasteiger partial charge in [0.25, 0.3) is 11.8 Å². The minimum Gasteiger partial charge on any atom is -0.445 e. The molecular weight excluding hydrogens is 1130 g/mol. The van der Waals surface area contributed by atoms with Gasteiger partial charge in [-0.25, -0.2) is 36.9 Å². The van der Waals surface area contributed by atoms with Gasteiger partial charge >= 0.3 is 18.2 Å². The van der Waals surface area contributed by atoms with E-state index in [0.29, 0.717) is 62.1 Å². The normalized spacial score (nSPS) is 17.5. The van der Waals surface area contributed by atoms with Crippen LogP contribution < -0.4 is 32.3 Å². The third kappa shape index (κ3) is 18.3. The van der Waals surface area contributed by atoms with Crippen molar-refractivity contribution in [1.82, 2.24) is 45.5 Å². The smallest absolute Gasteiger partial charge is 0.410 e. The summed E-state index contributed by atoms with van der Waals surface area (Å²) in [6, 6.07) is 9.61. The van der Waals surface area contributed by atoms with Crippen molar-refractivity contribution in [3.63, 3.8) is 0 Å². The summed E-state index contributed by atoms with van der Waals surface area (Å²) < 4.78 is 74.2. The molecule has 4 aromatic rings. The Balaban J connectivity index is 0.998. The maximum Gasteiger partial charge on any atom is 0.410 e. The van der Waals surface area contributed by atoms with E-state index in [-0.39, 0.29) is 106 Å². The molecule has 22 nitrogen and oxygen atoms in total. The summed E-state index contributed by atoms with van der Waals surface area (Å²) in [5.41, 5.74) is 6.38. The van der Waals surface area contributed by atoms with E-state index in [1.165, 1.54) is 46.3 Å². The predicted molar refractivity (Wildman–Crippen MR) is 306 cm³/mol. The average Bonchev–Trinajstić information content (AvgIpc) is 1.87. The number of nitrogens with one attached hydrogen (secondary N) is 5. The number of aromatic nitrogens is 2. The number of likely N-dealkylation sites (tertiary alicyclic amines) is 1. The molecule has 2 saturated heterocycles. The molecule has 3 aliphatic heterocycles. The number of ether oxygens (including phenoxy) is 2. The second-order valence-corrected chi connectivity index (χ2v) is 22.1.